The van der Waals surface area contributed by atoms with Gasteiger partial charge in [-0.05, 0) is 29.7 Å². The topological polar surface area (TPSA) is 99.4 Å². The van der Waals surface area contributed by atoms with E-state index in [0.29, 0.717) is 23.4 Å². The Morgan fingerprint density at radius 1 is 1.00 bits per heavy atom. The Bertz CT molecular complexity index is 1380. The largest absolute Gasteiger partial charge is 0.481 e. The van der Waals surface area contributed by atoms with E-state index in [4.69, 9.17) is 5.11 Å². The number of aliphatic imine (C=N–C) groups is 1. The Hall–Kier alpha value is -4.39. The van der Waals surface area contributed by atoms with Gasteiger partial charge in [0.1, 0.15) is 0 Å². The molecule has 2 atom stereocenters. The molecule has 36 heavy (non-hydrogen) atoms. The van der Waals surface area contributed by atoms with Gasteiger partial charge in [0.15, 0.2) is 0 Å². The molecule has 0 spiro atoms. The second-order valence-electron chi connectivity index (χ2n) is 9.03. The average Bonchev–Trinajstić information content (AvgIpc) is 3.33. The molecule has 3 aliphatic rings. The molecule has 2 heterocycles. The predicted molar refractivity (Wildman–Crippen MR) is 137 cm³/mol. The van der Waals surface area contributed by atoms with E-state index < -0.39 is 17.9 Å². The maximum absolute atomic E-state index is 13.5. The first-order valence-corrected chi connectivity index (χ1v) is 11.9. The van der Waals surface area contributed by atoms with Crippen molar-refractivity contribution in [1.29, 1.82) is 0 Å². The summed E-state index contributed by atoms with van der Waals surface area (Å²) in [4.78, 5) is 42.0. The summed E-state index contributed by atoms with van der Waals surface area (Å²) in [5, 5.41) is 15.1. The number of carbonyl (C=O) groups excluding carboxylic acids is 2. The summed E-state index contributed by atoms with van der Waals surface area (Å²) >= 11 is 0. The highest BCUT2D eigenvalue weighted by Gasteiger charge is 2.40. The Labute approximate surface area is 208 Å². The number of carboxylic acid groups (broad SMARTS) is 1. The minimum atomic E-state index is -1.05. The molecule has 0 aromatic heterocycles. The fourth-order valence-electron chi connectivity index (χ4n) is 4.88. The van der Waals surface area contributed by atoms with Crippen molar-refractivity contribution in [2.45, 2.75) is 32.2 Å². The smallest absolute Gasteiger partial charge is 0.303 e. The molecule has 7 heteroatoms. The zero-order chi connectivity index (χ0) is 25.2. The third kappa shape index (κ3) is 4.47. The molecular formula is C29H25N3O4. The molecule has 1 aliphatic carbocycles. The molecule has 0 bridgehead atoms. The number of aliphatic carboxylic acids is 1. The van der Waals surface area contributed by atoms with Gasteiger partial charge >= 0.3 is 5.97 Å². The second kappa shape index (κ2) is 9.70. The number of carboxylic acids is 1. The Kier molecular flexibility index (Phi) is 6.29. The van der Waals surface area contributed by atoms with E-state index in [1.165, 1.54) is 5.01 Å². The van der Waals surface area contributed by atoms with E-state index >= 15 is 0 Å². The van der Waals surface area contributed by atoms with Crippen LogP contribution in [0.2, 0.25) is 0 Å². The van der Waals surface area contributed by atoms with E-state index in [1.54, 1.807) is 0 Å². The summed E-state index contributed by atoms with van der Waals surface area (Å²) in [6.45, 7) is 2.01. The van der Waals surface area contributed by atoms with E-state index in [9.17, 15) is 14.4 Å². The lowest BCUT2D eigenvalue weighted by molar-refractivity contribution is -0.141. The highest BCUT2D eigenvalue weighted by atomic mass is 16.4. The van der Waals surface area contributed by atoms with Gasteiger partial charge in [0.05, 0.1) is 29.5 Å². The fourth-order valence-corrected chi connectivity index (χ4v) is 4.88. The molecule has 2 aromatic carbocycles. The van der Waals surface area contributed by atoms with E-state index in [2.05, 4.69) is 16.2 Å². The number of allylic oxidation sites excluding steroid dienone is 5. The van der Waals surface area contributed by atoms with Gasteiger partial charge in [-0.2, -0.15) is 5.10 Å². The number of rotatable bonds is 6. The number of fused-ring (bicyclic) bond motifs is 1. The first-order valence-electron chi connectivity index (χ1n) is 11.9. The molecular weight excluding hydrogens is 454 g/mol. The Morgan fingerprint density at radius 2 is 1.69 bits per heavy atom. The first kappa shape index (κ1) is 23.4. The summed E-state index contributed by atoms with van der Waals surface area (Å²) in [7, 11) is 0. The number of dihydropyridines is 1. The maximum Gasteiger partial charge on any atom is 0.303 e. The standard InChI is InChI=1S/C29H25N3O4/c1-18-12-13-22-21(16-18)27(20-10-6-3-7-11-20)28(29(36)30-22)23-17-24(19-8-4-2-5-9-19)32(31-23)25(33)14-15-26(34)35/h2-13,16,21,24H,14-15,17H2,1H3,(H,34,35). The van der Waals surface area contributed by atoms with Crippen molar-refractivity contribution < 1.29 is 19.5 Å². The van der Waals surface area contributed by atoms with Crippen LogP contribution in [0.3, 0.4) is 0 Å². The van der Waals surface area contributed by atoms with Gasteiger partial charge in [-0.15, -0.1) is 0 Å². The van der Waals surface area contributed by atoms with Crippen molar-refractivity contribution in [2.75, 3.05) is 0 Å². The lowest BCUT2D eigenvalue weighted by Crippen LogP contribution is -2.27. The lowest BCUT2D eigenvalue weighted by atomic mass is 9.78. The molecule has 2 aliphatic heterocycles. The number of carbonyl (C=O) groups is 3. The van der Waals surface area contributed by atoms with Crippen LogP contribution in [0, 0.1) is 5.92 Å². The van der Waals surface area contributed by atoms with Crippen LogP contribution in [0.15, 0.2) is 100 Å². The van der Waals surface area contributed by atoms with Crippen LogP contribution in [0.1, 0.15) is 43.4 Å². The van der Waals surface area contributed by atoms with E-state index in [-0.39, 0.29) is 24.7 Å². The van der Waals surface area contributed by atoms with Crippen molar-refractivity contribution in [2.24, 2.45) is 16.0 Å². The number of hydrogen-bond donors (Lipinski definition) is 1. The van der Waals surface area contributed by atoms with Crippen LogP contribution in [0.25, 0.3) is 5.57 Å². The Morgan fingerprint density at radius 3 is 2.39 bits per heavy atom. The normalized spacial score (nSPS) is 21.1. The summed E-state index contributed by atoms with van der Waals surface area (Å²) in [5.41, 5.74) is 5.23. The van der Waals surface area contributed by atoms with E-state index in [0.717, 1.165) is 22.3 Å². The van der Waals surface area contributed by atoms with Crippen molar-refractivity contribution in [3.8, 4) is 0 Å². The number of benzene rings is 2. The molecule has 5 rings (SSSR count). The van der Waals surface area contributed by atoms with Gasteiger partial charge in [0, 0.05) is 18.8 Å². The average molecular weight is 480 g/mol. The highest BCUT2D eigenvalue weighted by molar-refractivity contribution is 6.33. The van der Waals surface area contributed by atoms with Gasteiger partial charge < -0.3 is 5.11 Å². The summed E-state index contributed by atoms with van der Waals surface area (Å²) in [6.07, 6.45) is 5.78. The third-order valence-electron chi connectivity index (χ3n) is 6.57. The van der Waals surface area contributed by atoms with Crippen molar-refractivity contribution in [3.05, 3.63) is 101 Å². The number of hydrogen-bond acceptors (Lipinski definition) is 4. The zero-order valence-corrected chi connectivity index (χ0v) is 19.8. The molecule has 2 amide bonds. The summed E-state index contributed by atoms with van der Waals surface area (Å²) in [5.74, 6) is -2.04. The molecule has 0 radical (unpaired) electrons. The van der Waals surface area contributed by atoms with Crippen molar-refractivity contribution in [3.63, 3.8) is 0 Å². The van der Waals surface area contributed by atoms with Crippen LogP contribution in [0.4, 0.5) is 0 Å². The highest BCUT2D eigenvalue weighted by Crippen LogP contribution is 2.41. The molecule has 0 fully saturated rings. The summed E-state index contributed by atoms with van der Waals surface area (Å²) in [6, 6.07) is 18.7. The minimum absolute atomic E-state index is 0.175. The Balaban J connectivity index is 1.63. The van der Waals surface area contributed by atoms with Gasteiger partial charge in [0.25, 0.3) is 5.91 Å². The van der Waals surface area contributed by atoms with Crippen LogP contribution >= 0.6 is 0 Å². The number of hydrazone groups is 1. The maximum atomic E-state index is 13.5. The van der Waals surface area contributed by atoms with Crippen LogP contribution in [0.5, 0.6) is 0 Å². The van der Waals surface area contributed by atoms with Gasteiger partial charge in [-0.1, -0.05) is 78.4 Å². The molecule has 0 saturated heterocycles. The van der Waals surface area contributed by atoms with Crippen LogP contribution in [-0.2, 0) is 14.4 Å². The third-order valence-corrected chi connectivity index (χ3v) is 6.57. The van der Waals surface area contributed by atoms with Gasteiger partial charge in [0.2, 0.25) is 5.91 Å². The van der Waals surface area contributed by atoms with Gasteiger partial charge in [-0.3, -0.25) is 14.4 Å². The monoisotopic (exact) mass is 479 g/mol. The lowest BCUT2D eigenvalue weighted by Gasteiger charge is -2.27. The van der Waals surface area contributed by atoms with Crippen molar-refractivity contribution in [1.82, 2.24) is 5.01 Å². The number of nitrogens with zero attached hydrogens (tertiary/aromatic N) is 3. The molecule has 180 valence electrons. The number of amides is 2. The quantitative estimate of drug-likeness (QED) is 0.646. The molecule has 2 unspecified atom stereocenters. The van der Waals surface area contributed by atoms with Crippen LogP contribution in [-0.4, -0.2) is 39.3 Å². The predicted octanol–water partition coefficient (Wildman–Crippen LogP) is 4.75. The second-order valence-corrected chi connectivity index (χ2v) is 9.03. The molecule has 7 nitrogen and oxygen atoms in total. The summed E-state index contributed by atoms with van der Waals surface area (Å²) < 4.78 is 0. The SMILES string of the molecule is CC1=CC2C(=NC(=O)C(C3=NN(C(=O)CCC(=O)O)C(c4ccccc4)C3)=C2c2ccccc2)C=C1. The van der Waals surface area contributed by atoms with Crippen LogP contribution < -0.4 is 0 Å². The first-order chi connectivity index (χ1) is 17.4. The molecule has 0 saturated carbocycles. The minimum Gasteiger partial charge on any atom is -0.481 e. The molecule has 2 aromatic rings. The van der Waals surface area contributed by atoms with Gasteiger partial charge in [-0.25, -0.2) is 10.0 Å². The molecule has 1 N–H and O–H groups in total. The fraction of sp³-hybridized carbons (Fsp3) is 0.207. The van der Waals surface area contributed by atoms with E-state index in [1.807, 2.05) is 79.7 Å². The van der Waals surface area contributed by atoms with Crippen molar-refractivity contribution >= 4 is 34.8 Å². The zero-order valence-electron chi connectivity index (χ0n) is 19.8.